The minimum atomic E-state index is 0. The highest BCUT2D eigenvalue weighted by atomic mass is 127. The topological polar surface area (TPSA) is 54.2 Å². The van der Waals surface area contributed by atoms with E-state index < -0.39 is 0 Å². The van der Waals surface area contributed by atoms with Gasteiger partial charge in [-0.15, -0.1) is 24.0 Å². The summed E-state index contributed by atoms with van der Waals surface area (Å²) in [5.74, 6) is 3.44. The molecule has 0 saturated heterocycles. The van der Waals surface area contributed by atoms with Gasteiger partial charge in [0.1, 0.15) is 12.4 Å². The minimum absolute atomic E-state index is 0. The molecule has 2 unspecified atom stereocenters. The zero-order valence-corrected chi connectivity index (χ0v) is 18.6. The van der Waals surface area contributed by atoms with Crippen molar-refractivity contribution in [3.8, 4) is 0 Å². The van der Waals surface area contributed by atoms with Crippen molar-refractivity contribution in [1.29, 1.82) is 0 Å². The number of imidazole rings is 1. The summed E-state index contributed by atoms with van der Waals surface area (Å²) in [6, 6.07) is 0.553. The van der Waals surface area contributed by atoms with Gasteiger partial charge in [-0.25, -0.2) is 9.98 Å². The van der Waals surface area contributed by atoms with Crippen LogP contribution in [0.3, 0.4) is 0 Å². The van der Waals surface area contributed by atoms with E-state index in [0.717, 1.165) is 30.8 Å². The first-order valence-corrected chi connectivity index (χ1v) is 9.67. The zero-order chi connectivity index (χ0) is 17.4. The molecule has 1 aromatic rings. The Balaban J connectivity index is 0.00000312. The van der Waals surface area contributed by atoms with Crippen molar-refractivity contribution >= 4 is 29.9 Å². The van der Waals surface area contributed by atoms with Crippen LogP contribution in [0.5, 0.6) is 0 Å². The quantitative estimate of drug-likeness (QED) is 0.364. The third kappa shape index (κ3) is 7.54. The summed E-state index contributed by atoms with van der Waals surface area (Å²) in [6.07, 6.45) is 10.5. The van der Waals surface area contributed by atoms with Gasteiger partial charge in [-0.05, 0) is 31.6 Å². The number of hydrogen-bond donors (Lipinski definition) is 2. The fourth-order valence-corrected chi connectivity index (χ4v) is 3.51. The number of nitrogens with one attached hydrogen (secondary N) is 2. The molecule has 0 aliphatic heterocycles. The summed E-state index contributed by atoms with van der Waals surface area (Å²) < 4.78 is 2.21. The summed E-state index contributed by atoms with van der Waals surface area (Å²) >= 11 is 0. The standard InChI is InChI=1S/C19H35N5.HI/c1-5-16-8-7-9-17(12-16)23-19(20-6-2)22-13-18-21-10-11-24(18)14-15(3)4;/h10-11,15-17H,5-9,12-14H2,1-4H3,(H2,20,22,23);1H. The third-order valence-electron chi connectivity index (χ3n) is 4.79. The second-order valence-electron chi connectivity index (χ2n) is 7.37. The van der Waals surface area contributed by atoms with Gasteiger partial charge in [0, 0.05) is 31.5 Å². The fourth-order valence-electron chi connectivity index (χ4n) is 3.51. The molecule has 1 saturated carbocycles. The molecule has 25 heavy (non-hydrogen) atoms. The number of nitrogens with zero attached hydrogens (tertiary/aromatic N) is 3. The molecular formula is C19H36IN5. The first-order valence-electron chi connectivity index (χ1n) is 9.67. The Morgan fingerprint density at radius 3 is 2.84 bits per heavy atom. The number of halogens is 1. The Bertz CT molecular complexity index is 512. The van der Waals surface area contributed by atoms with Crippen molar-refractivity contribution in [1.82, 2.24) is 20.2 Å². The highest BCUT2D eigenvalue weighted by Gasteiger charge is 2.21. The van der Waals surface area contributed by atoms with Crippen molar-refractivity contribution in [3.63, 3.8) is 0 Å². The monoisotopic (exact) mass is 461 g/mol. The molecule has 1 aromatic heterocycles. The lowest BCUT2D eigenvalue weighted by molar-refractivity contribution is 0.298. The maximum Gasteiger partial charge on any atom is 0.191 e. The van der Waals surface area contributed by atoms with Gasteiger partial charge < -0.3 is 15.2 Å². The Morgan fingerprint density at radius 1 is 1.36 bits per heavy atom. The van der Waals surface area contributed by atoms with Gasteiger partial charge in [-0.3, -0.25) is 0 Å². The molecule has 1 heterocycles. The molecule has 2 N–H and O–H groups in total. The van der Waals surface area contributed by atoms with E-state index in [9.17, 15) is 0 Å². The molecule has 6 heteroatoms. The van der Waals surface area contributed by atoms with Crippen LogP contribution < -0.4 is 10.6 Å². The molecule has 144 valence electrons. The van der Waals surface area contributed by atoms with E-state index in [1.165, 1.54) is 32.1 Å². The lowest BCUT2D eigenvalue weighted by atomic mass is 9.84. The molecule has 5 nitrogen and oxygen atoms in total. The average molecular weight is 461 g/mol. The van der Waals surface area contributed by atoms with Crippen LogP contribution in [0.1, 0.15) is 65.6 Å². The van der Waals surface area contributed by atoms with Crippen molar-refractivity contribution in [2.24, 2.45) is 16.8 Å². The molecule has 0 amide bonds. The van der Waals surface area contributed by atoms with E-state index in [4.69, 9.17) is 4.99 Å². The molecule has 1 aliphatic carbocycles. The molecule has 1 aliphatic rings. The van der Waals surface area contributed by atoms with E-state index in [0.29, 0.717) is 18.5 Å². The van der Waals surface area contributed by atoms with Crippen LogP contribution >= 0.6 is 24.0 Å². The normalized spacial score (nSPS) is 21.1. The Hall–Kier alpha value is -0.790. The lowest BCUT2D eigenvalue weighted by Gasteiger charge is -2.30. The maximum absolute atomic E-state index is 4.78. The predicted octanol–water partition coefficient (Wildman–Crippen LogP) is 4.18. The van der Waals surface area contributed by atoms with E-state index in [-0.39, 0.29) is 24.0 Å². The summed E-state index contributed by atoms with van der Waals surface area (Å²) in [4.78, 5) is 9.25. The number of guanidine groups is 1. The van der Waals surface area contributed by atoms with Crippen molar-refractivity contribution in [3.05, 3.63) is 18.2 Å². The number of hydrogen-bond acceptors (Lipinski definition) is 2. The van der Waals surface area contributed by atoms with E-state index >= 15 is 0 Å². The smallest absolute Gasteiger partial charge is 0.191 e. The molecule has 0 radical (unpaired) electrons. The van der Waals surface area contributed by atoms with Gasteiger partial charge in [0.15, 0.2) is 5.96 Å². The van der Waals surface area contributed by atoms with Gasteiger partial charge in [0.2, 0.25) is 0 Å². The maximum atomic E-state index is 4.78. The van der Waals surface area contributed by atoms with Crippen LogP contribution in [0.2, 0.25) is 0 Å². The Kier molecular flexibility index (Phi) is 10.5. The molecule has 2 rings (SSSR count). The highest BCUT2D eigenvalue weighted by molar-refractivity contribution is 14.0. The van der Waals surface area contributed by atoms with Crippen LogP contribution in [0.4, 0.5) is 0 Å². The molecule has 2 atom stereocenters. The van der Waals surface area contributed by atoms with Gasteiger partial charge in [0.25, 0.3) is 0 Å². The summed E-state index contributed by atoms with van der Waals surface area (Å²) in [5, 5.41) is 7.03. The zero-order valence-electron chi connectivity index (χ0n) is 16.3. The van der Waals surface area contributed by atoms with E-state index in [2.05, 4.69) is 54.1 Å². The number of aliphatic imine (C=N–C) groups is 1. The summed E-state index contributed by atoms with van der Waals surface area (Å²) in [5.41, 5.74) is 0. The number of rotatable bonds is 7. The summed E-state index contributed by atoms with van der Waals surface area (Å²) in [6.45, 7) is 11.4. The Morgan fingerprint density at radius 2 is 2.16 bits per heavy atom. The average Bonchev–Trinajstić information content (AvgIpc) is 2.99. The molecular weight excluding hydrogens is 425 g/mol. The van der Waals surface area contributed by atoms with Gasteiger partial charge in [0.05, 0.1) is 0 Å². The van der Waals surface area contributed by atoms with E-state index in [1.807, 2.05) is 6.20 Å². The second kappa shape index (κ2) is 11.8. The second-order valence-corrected chi connectivity index (χ2v) is 7.37. The summed E-state index contributed by atoms with van der Waals surface area (Å²) in [7, 11) is 0. The molecule has 0 spiro atoms. The third-order valence-corrected chi connectivity index (χ3v) is 4.79. The lowest BCUT2D eigenvalue weighted by Crippen LogP contribution is -2.45. The van der Waals surface area contributed by atoms with Gasteiger partial charge >= 0.3 is 0 Å². The molecule has 0 bridgehead atoms. The first kappa shape index (κ1) is 22.3. The van der Waals surface area contributed by atoms with Crippen LogP contribution in [-0.2, 0) is 13.1 Å². The minimum Gasteiger partial charge on any atom is -0.357 e. The van der Waals surface area contributed by atoms with Crippen molar-refractivity contribution in [2.45, 2.75) is 78.9 Å². The number of aromatic nitrogens is 2. The highest BCUT2D eigenvalue weighted by Crippen LogP contribution is 2.26. The predicted molar refractivity (Wildman–Crippen MR) is 116 cm³/mol. The van der Waals surface area contributed by atoms with E-state index in [1.54, 1.807) is 0 Å². The van der Waals surface area contributed by atoms with Gasteiger partial charge in [-0.2, -0.15) is 0 Å². The molecule has 0 aromatic carbocycles. The first-order chi connectivity index (χ1) is 11.6. The van der Waals surface area contributed by atoms with Crippen LogP contribution in [0, 0.1) is 11.8 Å². The van der Waals surface area contributed by atoms with Crippen molar-refractivity contribution in [2.75, 3.05) is 6.54 Å². The van der Waals surface area contributed by atoms with Crippen LogP contribution in [-0.4, -0.2) is 28.1 Å². The van der Waals surface area contributed by atoms with Crippen LogP contribution in [0.15, 0.2) is 17.4 Å². The SMILES string of the molecule is CCNC(=NCc1nccn1CC(C)C)NC1CCCC(CC)C1.I. The largest absolute Gasteiger partial charge is 0.357 e. The fraction of sp³-hybridized carbons (Fsp3) is 0.789. The van der Waals surface area contributed by atoms with Gasteiger partial charge in [-0.1, -0.05) is 40.0 Å². The molecule has 1 fully saturated rings. The van der Waals surface area contributed by atoms with Crippen molar-refractivity contribution < 1.29 is 0 Å². The van der Waals surface area contributed by atoms with Crippen LogP contribution in [0.25, 0.3) is 0 Å². The Labute approximate surface area is 170 Å².